The summed E-state index contributed by atoms with van der Waals surface area (Å²) >= 11 is 7.90. The largest absolute Gasteiger partial charge is 0.361 e. The van der Waals surface area contributed by atoms with Gasteiger partial charge in [0.25, 0.3) is 0 Å². The average Bonchev–Trinajstić information content (AvgIpc) is 3.02. The molecule has 110 valence electrons. The molecule has 0 spiro atoms. The number of aryl methyl sites for hydroxylation is 1. The second-order valence-electron chi connectivity index (χ2n) is 5.50. The van der Waals surface area contributed by atoms with E-state index in [0.29, 0.717) is 6.04 Å². The Hall–Kier alpha value is -1.29. The molecular weight excluding hydrogens is 300 g/mol. The number of hydrogen-bond donors (Lipinski definition) is 2. The summed E-state index contributed by atoms with van der Waals surface area (Å²) in [6.45, 7) is 5.26. The number of H-pyrrole nitrogens is 1. The summed E-state index contributed by atoms with van der Waals surface area (Å²) in [6.07, 6.45) is 3.14. The zero-order chi connectivity index (χ0) is 14.8. The first-order valence-electron chi connectivity index (χ1n) is 7.16. The maximum Gasteiger partial charge on any atom is 0.0472 e. The highest BCUT2D eigenvalue weighted by Crippen LogP contribution is 2.22. The Bertz CT molecular complexity index is 744. The SMILES string of the molecule is Cc1ccc(CC(C)NCc2c[nH]c3cc(Cl)ccc23)s1. The monoisotopic (exact) mass is 318 g/mol. The molecule has 0 aliphatic carbocycles. The van der Waals surface area contributed by atoms with Crippen molar-refractivity contribution in [1.82, 2.24) is 10.3 Å². The molecule has 2 nitrogen and oxygen atoms in total. The molecule has 0 fully saturated rings. The smallest absolute Gasteiger partial charge is 0.0472 e. The van der Waals surface area contributed by atoms with Gasteiger partial charge in [-0.25, -0.2) is 0 Å². The van der Waals surface area contributed by atoms with Gasteiger partial charge in [0.1, 0.15) is 0 Å². The van der Waals surface area contributed by atoms with Crippen LogP contribution in [-0.4, -0.2) is 11.0 Å². The van der Waals surface area contributed by atoms with E-state index in [1.165, 1.54) is 20.7 Å². The van der Waals surface area contributed by atoms with Crippen molar-refractivity contribution in [3.8, 4) is 0 Å². The van der Waals surface area contributed by atoms with E-state index in [2.05, 4.69) is 48.5 Å². The van der Waals surface area contributed by atoms with Crippen LogP contribution in [0, 0.1) is 6.92 Å². The number of aromatic amines is 1. The van der Waals surface area contributed by atoms with Crippen LogP contribution in [-0.2, 0) is 13.0 Å². The second kappa shape index (κ2) is 6.22. The van der Waals surface area contributed by atoms with Crippen LogP contribution in [0.4, 0.5) is 0 Å². The van der Waals surface area contributed by atoms with Crippen LogP contribution in [0.5, 0.6) is 0 Å². The highest BCUT2D eigenvalue weighted by molar-refractivity contribution is 7.11. The van der Waals surface area contributed by atoms with Gasteiger partial charge >= 0.3 is 0 Å². The number of benzene rings is 1. The average molecular weight is 319 g/mol. The standard InChI is InChI=1S/C17H19ClN2S/c1-11(7-15-5-3-12(2)21-15)19-9-13-10-20-17-8-14(18)4-6-16(13)17/h3-6,8,10-11,19-20H,7,9H2,1-2H3. The summed E-state index contributed by atoms with van der Waals surface area (Å²) in [5, 5.41) is 5.61. The van der Waals surface area contributed by atoms with Crippen molar-refractivity contribution in [2.45, 2.75) is 32.9 Å². The van der Waals surface area contributed by atoms with Gasteiger partial charge < -0.3 is 10.3 Å². The van der Waals surface area contributed by atoms with Crippen LogP contribution in [0.3, 0.4) is 0 Å². The first-order chi connectivity index (χ1) is 10.1. The fourth-order valence-electron chi connectivity index (χ4n) is 2.56. The van der Waals surface area contributed by atoms with Crippen molar-refractivity contribution < 1.29 is 0 Å². The summed E-state index contributed by atoms with van der Waals surface area (Å²) in [5.74, 6) is 0. The molecule has 1 aromatic carbocycles. The Morgan fingerprint density at radius 2 is 2.14 bits per heavy atom. The van der Waals surface area contributed by atoms with Gasteiger partial charge in [0, 0.05) is 44.5 Å². The molecule has 0 aliphatic rings. The van der Waals surface area contributed by atoms with Gasteiger partial charge in [-0.1, -0.05) is 17.7 Å². The number of rotatable bonds is 5. The minimum Gasteiger partial charge on any atom is -0.361 e. The van der Waals surface area contributed by atoms with Crippen LogP contribution >= 0.6 is 22.9 Å². The van der Waals surface area contributed by atoms with Crippen molar-refractivity contribution in [1.29, 1.82) is 0 Å². The molecule has 0 saturated heterocycles. The Balaban J connectivity index is 1.63. The van der Waals surface area contributed by atoms with E-state index in [0.717, 1.165) is 23.5 Å². The summed E-state index contributed by atoms with van der Waals surface area (Å²) < 4.78 is 0. The van der Waals surface area contributed by atoms with Crippen LogP contribution in [0.25, 0.3) is 10.9 Å². The van der Waals surface area contributed by atoms with Crippen molar-refractivity contribution in [2.24, 2.45) is 0 Å². The number of aromatic nitrogens is 1. The summed E-state index contributed by atoms with van der Waals surface area (Å²) in [6, 6.07) is 10.9. The maximum absolute atomic E-state index is 6.01. The fraction of sp³-hybridized carbons (Fsp3) is 0.294. The van der Waals surface area contributed by atoms with E-state index in [9.17, 15) is 0 Å². The van der Waals surface area contributed by atoms with Gasteiger partial charge in [-0.2, -0.15) is 0 Å². The summed E-state index contributed by atoms with van der Waals surface area (Å²) in [7, 11) is 0. The molecule has 0 radical (unpaired) electrons. The normalized spacial score (nSPS) is 12.9. The van der Waals surface area contributed by atoms with Crippen LogP contribution in [0.1, 0.15) is 22.2 Å². The lowest BCUT2D eigenvalue weighted by atomic mass is 10.1. The zero-order valence-corrected chi connectivity index (χ0v) is 13.8. The summed E-state index contributed by atoms with van der Waals surface area (Å²) in [4.78, 5) is 6.11. The minimum absolute atomic E-state index is 0.459. The Morgan fingerprint density at radius 1 is 1.29 bits per heavy atom. The van der Waals surface area contributed by atoms with Crippen molar-refractivity contribution >= 4 is 33.8 Å². The lowest BCUT2D eigenvalue weighted by Gasteiger charge is -2.12. The van der Waals surface area contributed by atoms with Gasteiger partial charge in [0.2, 0.25) is 0 Å². The maximum atomic E-state index is 6.01. The van der Waals surface area contributed by atoms with Crippen molar-refractivity contribution in [3.05, 3.63) is 56.9 Å². The topological polar surface area (TPSA) is 27.8 Å². The molecule has 3 rings (SSSR count). The van der Waals surface area contributed by atoms with E-state index in [1.807, 2.05) is 23.5 Å². The first kappa shape index (κ1) is 14.6. The molecule has 2 heterocycles. The first-order valence-corrected chi connectivity index (χ1v) is 8.35. The van der Waals surface area contributed by atoms with E-state index in [4.69, 9.17) is 11.6 Å². The van der Waals surface area contributed by atoms with Gasteiger partial charge in [-0.05, 0) is 50.1 Å². The van der Waals surface area contributed by atoms with Crippen LogP contribution in [0.2, 0.25) is 5.02 Å². The number of nitrogens with one attached hydrogen (secondary N) is 2. The molecule has 0 amide bonds. The van der Waals surface area contributed by atoms with Crippen LogP contribution < -0.4 is 5.32 Å². The highest BCUT2D eigenvalue weighted by Gasteiger charge is 2.08. The molecule has 21 heavy (non-hydrogen) atoms. The number of thiophene rings is 1. The molecule has 0 aliphatic heterocycles. The number of halogens is 1. The molecule has 0 saturated carbocycles. The Labute approximate surface area is 134 Å². The van der Waals surface area contributed by atoms with Crippen LogP contribution in [0.15, 0.2) is 36.5 Å². The predicted octanol–water partition coefficient (Wildman–Crippen LogP) is 4.91. The zero-order valence-electron chi connectivity index (χ0n) is 12.2. The molecular formula is C17H19ClN2S. The van der Waals surface area contributed by atoms with E-state index < -0.39 is 0 Å². The van der Waals surface area contributed by atoms with E-state index in [-0.39, 0.29) is 0 Å². The predicted molar refractivity (Wildman–Crippen MR) is 92.4 cm³/mol. The third kappa shape index (κ3) is 3.49. The summed E-state index contributed by atoms with van der Waals surface area (Å²) in [5.41, 5.74) is 2.39. The van der Waals surface area contributed by atoms with Crippen molar-refractivity contribution in [3.63, 3.8) is 0 Å². The fourth-order valence-corrected chi connectivity index (χ4v) is 3.75. The number of fused-ring (bicyclic) bond motifs is 1. The molecule has 1 unspecified atom stereocenters. The lowest BCUT2D eigenvalue weighted by molar-refractivity contribution is 0.550. The Kier molecular flexibility index (Phi) is 4.34. The van der Waals surface area contributed by atoms with E-state index >= 15 is 0 Å². The van der Waals surface area contributed by atoms with Gasteiger partial charge in [0.15, 0.2) is 0 Å². The highest BCUT2D eigenvalue weighted by atomic mass is 35.5. The Morgan fingerprint density at radius 3 is 2.90 bits per heavy atom. The minimum atomic E-state index is 0.459. The molecule has 1 atom stereocenters. The third-order valence-electron chi connectivity index (χ3n) is 3.67. The molecule has 2 N–H and O–H groups in total. The second-order valence-corrected chi connectivity index (χ2v) is 7.31. The van der Waals surface area contributed by atoms with Gasteiger partial charge in [0.05, 0.1) is 0 Å². The molecule has 4 heteroatoms. The quantitative estimate of drug-likeness (QED) is 0.687. The van der Waals surface area contributed by atoms with Crippen molar-refractivity contribution in [2.75, 3.05) is 0 Å². The molecule has 2 aromatic heterocycles. The van der Waals surface area contributed by atoms with Gasteiger partial charge in [-0.3, -0.25) is 0 Å². The third-order valence-corrected chi connectivity index (χ3v) is 4.93. The molecule has 0 bridgehead atoms. The molecule has 3 aromatic rings. The van der Waals surface area contributed by atoms with Gasteiger partial charge in [-0.15, -0.1) is 11.3 Å². The van der Waals surface area contributed by atoms with E-state index in [1.54, 1.807) is 0 Å². The number of hydrogen-bond acceptors (Lipinski definition) is 2. The lowest BCUT2D eigenvalue weighted by Crippen LogP contribution is -2.27.